The first-order valence-electron chi connectivity index (χ1n) is 8.71. The molecule has 144 valence electrons. The highest BCUT2D eigenvalue weighted by molar-refractivity contribution is 5.80. The van der Waals surface area contributed by atoms with E-state index in [1.807, 2.05) is 30.3 Å². The summed E-state index contributed by atoms with van der Waals surface area (Å²) in [5.41, 5.74) is 1.14. The van der Waals surface area contributed by atoms with Gasteiger partial charge in [-0.25, -0.2) is 9.59 Å². The third-order valence-electron chi connectivity index (χ3n) is 3.60. The zero-order valence-corrected chi connectivity index (χ0v) is 15.8. The van der Waals surface area contributed by atoms with Gasteiger partial charge < -0.3 is 19.9 Å². The molecule has 2 aromatic carbocycles. The Balaban J connectivity index is 1.92. The third-order valence-corrected chi connectivity index (χ3v) is 3.60. The number of carbonyl (C=O) groups excluding carboxylic acids is 1. The number of amides is 1. The Hall–Kier alpha value is -3.02. The maximum atomic E-state index is 11.8. The van der Waals surface area contributed by atoms with Gasteiger partial charge in [-0.1, -0.05) is 42.5 Å². The van der Waals surface area contributed by atoms with Gasteiger partial charge in [-0.05, 0) is 44.0 Å². The van der Waals surface area contributed by atoms with Gasteiger partial charge in [-0.2, -0.15) is 0 Å². The molecule has 0 fully saturated rings. The molecule has 6 nitrogen and oxygen atoms in total. The number of benzene rings is 2. The van der Waals surface area contributed by atoms with E-state index in [4.69, 9.17) is 9.47 Å². The Morgan fingerprint density at radius 1 is 1.00 bits per heavy atom. The largest absolute Gasteiger partial charge is 0.489 e. The SMILES string of the molecule is CC(C)(C)OC(=O)[15NH][13C@@H](Cc1ccc(OCc2ccccc2)cc1)[13C](=O)O. The molecule has 0 bridgehead atoms. The number of alkyl carbamates (subject to hydrolysis) is 1. The molecule has 0 aliphatic heterocycles. The fraction of sp³-hybridized carbons (Fsp3) is 0.333. The Kier molecular flexibility index (Phi) is 6.82. The zero-order chi connectivity index (χ0) is 19.9. The van der Waals surface area contributed by atoms with Crippen LogP contribution in [-0.2, 0) is 22.6 Å². The Bertz CT molecular complexity index is 750. The predicted molar refractivity (Wildman–Crippen MR) is 102 cm³/mol. The Labute approximate surface area is 159 Å². The zero-order valence-electron chi connectivity index (χ0n) is 15.8. The first-order valence-corrected chi connectivity index (χ1v) is 8.71. The van der Waals surface area contributed by atoms with Crippen LogP contribution in [0.4, 0.5) is 4.79 Å². The number of hydrogen-bond acceptors (Lipinski definition) is 4. The second-order valence-electron chi connectivity index (χ2n) is 7.16. The molecule has 2 N–H and O–H groups in total. The maximum absolute atomic E-state index is 11.8. The molecule has 2 aromatic rings. The van der Waals surface area contributed by atoms with Crippen molar-refractivity contribution in [3.05, 3.63) is 65.7 Å². The van der Waals surface area contributed by atoms with E-state index in [1.165, 1.54) is 0 Å². The standard InChI is InChI=1S/C21H25NO5/c1-21(2,3)27-20(25)22-18(19(23)24)13-15-9-11-17(12-10-15)26-14-16-7-5-4-6-8-16/h4-12,18H,13-14H2,1-3H3,(H,22,25)(H,23,24)/t18-/m0/s1/i18+1,19+1,22+1. The highest BCUT2D eigenvalue weighted by Crippen LogP contribution is 2.16. The first kappa shape index (κ1) is 20.3. The van der Waals surface area contributed by atoms with Crippen molar-refractivity contribution >= 4 is 12.1 Å². The Morgan fingerprint density at radius 2 is 1.63 bits per heavy atom. The van der Waals surface area contributed by atoms with E-state index in [2.05, 4.69) is 5.32 Å². The highest BCUT2D eigenvalue weighted by atomic mass is 16.6. The summed E-state index contributed by atoms with van der Waals surface area (Å²) in [6.45, 7) is 5.61. The van der Waals surface area contributed by atoms with E-state index in [9.17, 15) is 14.7 Å². The van der Waals surface area contributed by atoms with E-state index in [-0.39, 0.29) is 6.42 Å². The van der Waals surface area contributed by atoms with Crippen LogP contribution in [0.25, 0.3) is 0 Å². The van der Waals surface area contributed by atoms with Crippen molar-refractivity contribution in [1.29, 1.82) is 0 Å². The molecule has 0 radical (unpaired) electrons. The summed E-state index contributed by atoms with van der Waals surface area (Å²) in [5, 5.41) is 11.7. The van der Waals surface area contributed by atoms with Gasteiger partial charge in [0.15, 0.2) is 0 Å². The molecule has 0 saturated heterocycles. The fourth-order valence-corrected chi connectivity index (χ4v) is 2.35. The summed E-state index contributed by atoms with van der Waals surface area (Å²) in [5.74, 6) is -0.431. The van der Waals surface area contributed by atoms with E-state index in [0.29, 0.717) is 12.4 Å². The molecule has 1 atom stereocenters. The van der Waals surface area contributed by atoms with Crippen LogP contribution in [0.5, 0.6) is 5.75 Å². The first-order chi connectivity index (χ1) is 12.7. The molecule has 0 aromatic heterocycles. The van der Waals surface area contributed by atoms with Crippen molar-refractivity contribution < 1.29 is 24.2 Å². The number of nitrogens with one attached hydrogen (secondary N) is 1. The van der Waals surface area contributed by atoms with Crippen molar-refractivity contribution in [2.45, 2.75) is 45.4 Å². The molecular formula is C21H25NO5. The summed E-state index contributed by atoms with van der Waals surface area (Å²) >= 11 is 0. The van der Waals surface area contributed by atoms with Crippen molar-refractivity contribution in [3.8, 4) is 5.75 Å². The summed E-state index contributed by atoms with van der Waals surface area (Å²) in [7, 11) is 0. The monoisotopic (exact) mass is 374 g/mol. The van der Waals surface area contributed by atoms with Crippen molar-refractivity contribution in [2.24, 2.45) is 0 Å². The van der Waals surface area contributed by atoms with Crippen LogP contribution in [0, 0.1) is 0 Å². The number of carboxylic acids is 1. The molecule has 0 heterocycles. The second kappa shape index (κ2) is 9.07. The lowest BCUT2D eigenvalue weighted by Gasteiger charge is -2.22. The van der Waals surface area contributed by atoms with Gasteiger partial charge in [0.2, 0.25) is 0 Å². The minimum Gasteiger partial charge on any atom is -0.489 e. The van der Waals surface area contributed by atoms with Crippen LogP contribution in [-0.4, -0.2) is 28.8 Å². The molecule has 2 rings (SSSR count). The third kappa shape index (κ3) is 7.40. The molecule has 6 heteroatoms. The van der Waals surface area contributed by atoms with Crippen LogP contribution in [0.15, 0.2) is 54.6 Å². The van der Waals surface area contributed by atoms with Gasteiger partial charge in [0.1, 0.15) is 24.0 Å². The molecular weight excluding hydrogens is 349 g/mol. The summed E-state index contributed by atoms with van der Waals surface area (Å²) in [6, 6.07) is 15.9. The lowest BCUT2D eigenvalue weighted by Crippen LogP contribution is -2.44. The lowest BCUT2D eigenvalue weighted by molar-refractivity contribution is -0.139. The fourth-order valence-electron chi connectivity index (χ4n) is 2.35. The van der Waals surface area contributed by atoms with Gasteiger partial charge in [0, 0.05) is 6.42 Å². The van der Waals surface area contributed by atoms with Crippen molar-refractivity contribution in [2.75, 3.05) is 0 Å². The van der Waals surface area contributed by atoms with E-state index < -0.39 is 23.7 Å². The van der Waals surface area contributed by atoms with Crippen LogP contribution in [0.3, 0.4) is 0 Å². The quantitative estimate of drug-likeness (QED) is 0.569. The summed E-state index contributed by atoms with van der Waals surface area (Å²) in [4.78, 5) is 23.3. The number of hydrogen-bond donors (Lipinski definition) is 2. The van der Waals surface area contributed by atoms with Gasteiger partial charge >= 0.3 is 12.1 Å². The average molecular weight is 374 g/mol. The highest BCUT2D eigenvalue weighted by Gasteiger charge is 2.24. The smallest absolute Gasteiger partial charge is 0.408 e. The molecule has 1 amide bonds. The van der Waals surface area contributed by atoms with E-state index >= 15 is 0 Å². The van der Waals surface area contributed by atoms with Crippen LogP contribution < -0.4 is 10.1 Å². The van der Waals surface area contributed by atoms with Gasteiger partial charge in [-0.15, -0.1) is 0 Å². The molecule has 0 unspecified atom stereocenters. The minimum atomic E-state index is -1.12. The average Bonchev–Trinajstić information content (AvgIpc) is 2.60. The van der Waals surface area contributed by atoms with Crippen LogP contribution >= 0.6 is 0 Å². The van der Waals surface area contributed by atoms with Gasteiger partial charge in [0.05, 0.1) is 0 Å². The number of aliphatic carboxylic acids is 1. The predicted octanol–water partition coefficient (Wildman–Crippen LogP) is 3.79. The number of carbonyl (C=O) groups is 2. The molecule has 0 spiro atoms. The summed E-state index contributed by atoms with van der Waals surface area (Å²) in [6.07, 6.45) is -0.606. The number of rotatable bonds is 7. The van der Waals surface area contributed by atoms with E-state index in [1.54, 1.807) is 45.0 Å². The van der Waals surface area contributed by atoms with E-state index in [0.717, 1.165) is 11.1 Å². The van der Waals surface area contributed by atoms with Gasteiger partial charge in [0.25, 0.3) is 0 Å². The second-order valence-corrected chi connectivity index (χ2v) is 7.16. The molecule has 0 saturated carbocycles. The van der Waals surface area contributed by atoms with Crippen LogP contribution in [0.2, 0.25) is 0 Å². The lowest BCUT2D eigenvalue weighted by atomic mass is 10.2. The Morgan fingerprint density at radius 3 is 2.19 bits per heavy atom. The van der Waals surface area contributed by atoms with Crippen LogP contribution in [0.1, 0.15) is 31.9 Å². The normalized spacial score (nSPS) is 12.1. The van der Waals surface area contributed by atoms with Gasteiger partial charge in [-0.3, -0.25) is 0 Å². The molecule has 0 aliphatic carbocycles. The van der Waals surface area contributed by atoms with Crippen molar-refractivity contribution in [3.63, 3.8) is 0 Å². The molecule has 27 heavy (non-hydrogen) atoms. The maximum Gasteiger partial charge on any atom is 0.408 e. The topological polar surface area (TPSA) is 84.9 Å². The van der Waals surface area contributed by atoms with Crippen molar-refractivity contribution in [1.82, 2.24) is 5.32 Å². The number of ether oxygens (including phenoxy) is 2. The molecule has 0 aliphatic rings. The number of carboxylic acid groups (broad SMARTS) is 1. The minimum absolute atomic E-state index is 0.146. The summed E-state index contributed by atoms with van der Waals surface area (Å²) < 4.78 is 10.8.